The number of aromatic nitrogens is 1. The van der Waals surface area contributed by atoms with Gasteiger partial charge in [0.05, 0.1) is 6.54 Å². The summed E-state index contributed by atoms with van der Waals surface area (Å²) >= 11 is 0. The number of carbonyl (C=O) groups is 2. The van der Waals surface area contributed by atoms with Crippen molar-refractivity contribution in [1.29, 1.82) is 0 Å². The summed E-state index contributed by atoms with van der Waals surface area (Å²) in [4.78, 5) is 27.8. The molecule has 0 fully saturated rings. The van der Waals surface area contributed by atoms with Crippen LogP contribution < -0.4 is 0 Å². The maximum Gasteiger partial charge on any atom is 0.246 e. The van der Waals surface area contributed by atoms with Crippen LogP contribution in [0.15, 0.2) is 36.4 Å². The lowest BCUT2D eigenvalue weighted by Crippen LogP contribution is -2.40. The lowest BCUT2D eigenvalue weighted by molar-refractivity contribution is -0.136. The van der Waals surface area contributed by atoms with E-state index in [0.29, 0.717) is 13.1 Å². The predicted octanol–water partition coefficient (Wildman–Crippen LogP) is 3.74. The van der Waals surface area contributed by atoms with Gasteiger partial charge in [0.2, 0.25) is 11.8 Å². The Kier molecular flexibility index (Phi) is 7.21. The predicted molar refractivity (Wildman–Crippen MR) is 115 cm³/mol. The molecule has 0 radical (unpaired) electrons. The first-order valence-corrected chi connectivity index (χ1v) is 9.75. The molecule has 0 saturated heterocycles. The van der Waals surface area contributed by atoms with E-state index in [4.69, 9.17) is 0 Å². The number of hydrogen-bond donors (Lipinski definition) is 0. The molecule has 0 aliphatic heterocycles. The van der Waals surface area contributed by atoms with Crippen LogP contribution in [-0.2, 0) is 9.59 Å². The molecule has 0 saturated carbocycles. The van der Waals surface area contributed by atoms with Crippen molar-refractivity contribution in [3.8, 4) is 5.69 Å². The molecule has 150 valence electrons. The van der Waals surface area contributed by atoms with Crippen molar-refractivity contribution in [1.82, 2.24) is 14.4 Å². The van der Waals surface area contributed by atoms with Gasteiger partial charge < -0.3 is 14.4 Å². The van der Waals surface area contributed by atoms with Crippen molar-refractivity contribution in [3.05, 3.63) is 58.9 Å². The van der Waals surface area contributed by atoms with E-state index in [9.17, 15) is 9.59 Å². The molecule has 1 aromatic heterocycles. The first-order valence-electron chi connectivity index (χ1n) is 9.75. The summed E-state index contributed by atoms with van der Waals surface area (Å²) < 4.78 is 2.18. The average Bonchev–Trinajstić information content (AvgIpc) is 2.95. The van der Waals surface area contributed by atoms with Gasteiger partial charge in [-0.3, -0.25) is 9.59 Å². The monoisotopic (exact) mass is 381 g/mol. The van der Waals surface area contributed by atoms with Crippen molar-refractivity contribution >= 4 is 17.9 Å². The number of carbonyl (C=O) groups excluding carboxylic acids is 2. The summed E-state index contributed by atoms with van der Waals surface area (Å²) in [7, 11) is 1.66. The highest BCUT2D eigenvalue weighted by Crippen LogP contribution is 2.22. The van der Waals surface area contributed by atoms with Gasteiger partial charge in [-0.1, -0.05) is 17.7 Å². The van der Waals surface area contributed by atoms with E-state index in [1.165, 1.54) is 16.5 Å². The minimum absolute atomic E-state index is 0.0354. The van der Waals surface area contributed by atoms with Gasteiger partial charge in [-0.05, 0) is 64.5 Å². The van der Waals surface area contributed by atoms with Crippen molar-refractivity contribution in [2.24, 2.45) is 0 Å². The summed E-state index contributed by atoms with van der Waals surface area (Å²) in [6.45, 7) is 11.4. The molecule has 1 heterocycles. The van der Waals surface area contributed by atoms with Crippen LogP contribution in [0, 0.1) is 20.8 Å². The Balaban J connectivity index is 2.13. The van der Waals surface area contributed by atoms with Crippen molar-refractivity contribution in [3.63, 3.8) is 0 Å². The van der Waals surface area contributed by atoms with Crippen LogP contribution >= 0.6 is 0 Å². The largest absolute Gasteiger partial charge is 0.342 e. The Hall–Kier alpha value is -2.82. The number of hydrogen-bond acceptors (Lipinski definition) is 2. The van der Waals surface area contributed by atoms with E-state index in [1.54, 1.807) is 11.9 Å². The lowest BCUT2D eigenvalue weighted by Gasteiger charge is -2.22. The number of aryl methyl sites for hydroxylation is 2. The van der Waals surface area contributed by atoms with Gasteiger partial charge in [0.25, 0.3) is 0 Å². The van der Waals surface area contributed by atoms with Gasteiger partial charge >= 0.3 is 0 Å². The van der Waals surface area contributed by atoms with Gasteiger partial charge in [-0.15, -0.1) is 0 Å². The molecule has 0 spiro atoms. The standard InChI is InChI=1S/C23H31N3O2/c1-7-25(8-2)23(28)16-24(6)22(27)14-11-20-15-18(4)26(19(20)5)21-12-9-17(3)10-13-21/h9-15H,7-8,16H2,1-6H3/b14-11+. The summed E-state index contributed by atoms with van der Waals surface area (Å²) in [5, 5.41) is 0. The quantitative estimate of drug-likeness (QED) is 0.686. The fourth-order valence-electron chi connectivity index (χ4n) is 3.29. The fourth-order valence-corrected chi connectivity index (χ4v) is 3.29. The Bertz CT molecular complexity index is 859. The lowest BCUT2D eigenvalue weighted by atomic mass is 10.2. The smallest absolute Gasteiger partial charge is 0.246 e. The number of nitrogens with zero attached hydrogens (tertiary/aromatic N) is 3. The Morgan fingerprint density at radius 2 is 1.64 bits per heavy atom. The molecule has 2 rings (SSSR count). The molecule has 0 unspecified atom stereocenters. The molecule has 5 heteroatoms. The van der Waals surface area contributed by atoms with Crippen molar-refractivity contribution < 1.29 is 9.59 Å². The number of likely N-dealkylation sites (N-methyl/N-ethyl adjacent to an activating group) is 2. The zero-order chi connectivity index (χ0) is 20.8. The second-order valence-electron chi connectivity index (χ2n) is 7.09. The molecular formula is C23H31N3O2. The van der Waals surface area contributed by atoms with Crippen LogP contribution in [0.3, 0.4) is 0 Å². The third-order valence-corrected chi connectivity index (χ3v) is 5.03. The summed E-state index contributed by atoms with van der Waals surface area (Å²) in [6.07, 6.45) is 3.37. The molecule has 0 N–H and O–H groups in total. The van der Waals surface area contributed by atoms with Crippen LogP contribution in [0.1, 0.15) is 36.4 Å². The van der Waals surface area contributed by atoms with Gasteiger partial charge in [0.15, 0.2) is 0 Å². The van der Waals surface area contributed by atoms with E-state index < -0.39 is 0 Å². The second kappa shape index (κ2) is 9.40. The maximum atomic E-state index is 12.4. The molecule has 28 heavy (non-hydrogen) atoms. The molecule has 0 aliphatic carbocycles. The van der Waals surface area contributed by atoms with Crippen LogP contribution in [0.2, 0.25) is 0 Å². The van der Waals surface area contributed by atoms with E-state index in [2.05, 4.69) is 48.7 Å². The second-order valence-corrected chi connectivity index (χ2v) is 7.09. The van der Waals surface area contributed by atoms with Crippen molar-refractivity contribution in [2.45, 2.75) is 34.6 Å². The van der Waals surface area contributed by atoms with Gasteiger partial charge in [0.1, 0.15) is 0 Å². The minimum atomic E-state index is -0.180. The molecule has 0 aliphatic rings. The molecule has 0 bridgehead atoms. The number of benzene rings is 1. The number of amides is 2. The minimum Gasteiger partial charge on any atom is -0.342 e. The first kappa shape index (κ1) is 21.5. The molecule has 2 amide bonds. The average molecular weight is 382 g/mol. The zero-order valence-electron chi connectivity index (χ0n) is 17.8. The van der Waals surface area contributed by atoms with Gasteiger partial charge in [0, 0.05) is 43.3 Å². The maximum absolute atomic E-state index is 12.4. The zero-order valence-corrected chi connectivity index (χ0v) is 17.8. The third-order valence-electron chi connectivity index (χ3n) is 5.03. The summed E-state index contributed by atoms with van der Waals surface area (Å²) in [5.41, 5.74) is 5.51. The highest BCUT2D eigenvalue weighted by molar-refractivity contribution is 5.94. The topological polar surface area (TPSA) is 45.6 Å². The van der Waals surface area contributed by atoms with Crippen LogP contribution in [0.25, 0.3) is 11.8 Å². The Morgan fingerprint density at radius 3 is 2.21 bits per heavy atom. The fraction of sp³-hybridized carbons (Fsp3) is 0.391. The third kappa shape index (κ3) is 4.91. The molecule has 5 nitrogen and oxygen atoms in total. The summed E-state index contributed by atoms with van der Waals surface area (Å²) in [5.74, 6) is -0.215. The molecule has 0 atom stereocenters. The van der Waals surface area contributed by atoms with Gasteiger partial charge in [-0.25, -0.2) is 0 Å². The van der Waals surface area contributed by atoms with E-state index in [1.807, 2.05) is 26.8 Å². The first-order chi connectivity index (χ1) is 13.3. The molecular weight excluding hydrogens is 350 g/mol. The van der Waals surface area contributed by atoms with E-state index in [-0.39, 0.29) is 18.4 Å². The van der Waals surface area contributed by atoms with Crippen LogP contribution in [-0.4, -0.2) is 52.9 Å². The summed E-state index contributed by atoms with van der Waals surface area (Å²) in [6, 6.07) is 10.4. The van der Waals surface area contributed by atoms with Crippen molar-refractivity contribution in [2.75, 3.05) is 26.7 Å². The van der Waals surface area contributed by atoms with Gasteiger partial charge in [-0.2, -0.15) is 0 Å². The molecule has 1 aromatic carbocycles. The Labute approximate surface area is 168 Å². The SMILES string of the molecule is CCN(CC)C(=O)CN(C)C(=O)/C=C/c1cc(C)n(-c2ccc(C)cc2)c1C. The highest BCUT2D eigenvalue weighted by atomic mass is 16.2. The van der Waals surface area contributed by atoms with E-state index >= 15 is 0 Å². The number of rotatable bonds is 7. The Morgan fingerprint density at radius 1 is 1.04 bits per heavy atom. The normalized spacial score (nSPS) is 11.1. The van der Waals surface area contributed by atoms with E-state index in [0.717, 1.165) is 22.6 Å². The van der Waals surface area contributed by atoms with Crippen LogP contribution in [0.5, 0.6) is 0 Å². The molecule has 2 aromatic rings. The highest BCUT2D eigenvalue weighted by Gasteiger charge is 2.15. The van der Waals surface area contributed by atoms with Crippen LogP contribution in [0.4, 0.5) is 0 Å².